The van der Waals surface area contributed by atoms with E-state index in [0.29, 0.717) is 35.8 Å². The van der Waals surface area contributed by atoms with Crippen molar-refractivity contribution in [3.63, 3.8) is 0 Å². The van der Waals surface area contributed by atoms with E-state index < -0.39 is 9.84 Å². The Morgan fingerprint density at radius 2 is 1.80 bits per heavy atom. The monoisotopic (exact) mass is 429 g/mol. The van der Waals surface area contributed by atoms with Crippen molar-refractivity contribution in [1.29, 1.82) is 5.26 Å². The minimum Gasteiger partial charge on any atom is -0.366 e. The average Bonchev–Trinajstić information content (AvgIpc) is 2.95. The summed E-state index contributed by atoms with van der Waals surface area (Å²) >= 11 is 0. The van der Waals surface area contributed by atoms with E-state index in [0.717, 1.165) is 45.4 Å². The van der Waals surface area contributed by atoms with Gasteiger partial charge in [0.15, 0.2) is 0 Å². The second-order valence-corrected chi connectivity index (χ2v) is 12.6. The minimum atomic E-state index is -2.82. The molecule has 2 bridgehead atoms. The van der Waals surface area contributed by atoms with E-state index in [-0.39, 0.29) is 5.41 Å². The predicted molar refractivity (Wildman–Crippen MR) is 121 cm³/mol. The van der Waals surface area contributed by atoms with Gasteiger partial charge in [-0.25, -0.2) is 8.42 Å². The highest BCUT2D eigenvalue weighted by molar-refractivity contribution is 7.91. The number of sulfone groups is 1. The molecule has 0 saturated carbocycles. The number of fused-ring (bicyclic) bond motifs is 4. The van der Waals surface area contributed by atoms with Crippen molar-refractivity contribution in [3.8, 4) is 6.07 Å². The van der Waals surface area contributed by atoms with Gasteiger partial charge in [-0.15, -0.1) is 0 Å². The van der Waals surface area contributed by atoms with Crippen LogP contribution in [0.5, 0.6) is 0 Å². The molecule has 6 heteroatoms. The summed E-state index contributed by atoms with van der Waals surface area (Å²) in [6, 6.07) is 11.7. The third-order valence-corrected chi connectivity index (χ3v) is 9.22. The molecule has 0 spiro atoms. The van der Waals surface area contributed by atoms with Gasteiger partial charge in [0.05, 0.1) is 17.6 Å². The molecule has 4 fully saturated rings. The van der Waals surface area contributed by atoms with E-state index in [1.165, 1.54) is 17.7 Å². The van der Waals surface area contributed by atoms with Gasteiger partial charge in [0, 0.05) is 37.8 Å². The van der Waals surface area contributed by atoms with Crippen molar-refractivity contribution in [2.45, 2.75) is 57.9 Å². The van der Waals surface area contributed by atoms with Crippen molar-refractivity contribution in [3.05, 3.63) is 29.8 Å². The van der Waals surface area contributed by atoms with Gasteiger partial charge in [-0.1, -0.05) is 26.0 Å². The molecule has 4 aliphatic heterocycles. The number of anilines is 1. The quantitative estimate of drug-likeness (QED) is 0.666. The van der Waals surface area contributed by atoms with Crippen LogP contribution in [0.1, 0.15) is 57.4 Å². The summed E-state index contributed by atoms with van der Waals surface area (Å²) in [5.74, 6) is 1.68. The molecule has 4 heterocycles. The highest BCUT2D eigenvalue weighted by Gasteiger charge is 2.45. The summed E-state index contributed by atoms with van der Waals surface area (Å²) < 4.78 is 23.5. The normalized spacial score (nSPS) is 28.8. The molecule has 0 unspecified atom stereocenters. The second-order valence-electron chi connectivity index (χ2n) is 10.3. The molecular weight excluding hydrogens is 394 g/mol. The van der Waals surface area contributed by atoms with Gasteiger partial charge in [0.2, 0.25) is 0 Å². The number of nitrogens with zero attached hydrogens (tertiary/aromatic N) is 3. The molecule has 1 aromatic rings. The average molecular weight is 430 g/mol. The largest absolute Gasteiger partial charge is 0.366 e. The molecule has 4 saturated heterocycles. The first-order valence-electron chi connectivity index (χ1n) is 11.4. The first-order chi connectivity index (χ1) is 14.3. The third kappa shape index (κ3) is 4.68. The van der Waals surface area contributed by atoms with Crippen LogP contribution in [0.4, 0.5) is 5.69 Å². The molecule has 0 aliphatic carbocycles. The molecule has 4 aliphatic rings. The molecule has 0 radical (unpaired) electrons. The topological polar surface area (TPSA) is 64.4 Å². The lowest BCUT2D eigenvalue weighted by atomic mass is 9.73. The van der Waals surface area contributed by atoms with Crippen LogP contribution in [-0.2, 0) is 9.84 Å². The van der Waals surface area contributed by atoms with Crippen molar-refractivity contribution < 1.29 is 8.42 Å². The molecule has 5 nitrogen and oxygen atoms in total. The number of unbranched alkanes of at least 4 members (excludes halogenated alkanes) is 1. The maximum Gasteiger partial charge on any atom is 0.150 e. The van der Waals surface area contributed by atoms with E-state index in [4.69, 9.17) is 5.26 Å². The van der Waals surface area contributed by atoms with Gasteiger partial charge in [0.25, 0.3) is 0 Å². The standard InChI is InChI=1S/C24H35N3O2S/c1-24(2)15-19-16-26(12-4-3-11-25)18-23(24)27(17-19)22-7-5-20(6-8-22)21-9-13-30(28,29)14-10-21/h5-8,19,21,23H,3-4,9-10,12-18H2,1-2H3/t19-,23-/m1/s1. The number of rotatable bonds is 5. The molecule has 164 valence electrons. The molecule has 30 heavy (non-hydrogen) atoms. The lowest BCUT2D eigenvalue weighted by Gasteiger charge is -2.48. The summed E-state index contributed by atoms with van der Waals surface area (Å²) in [5.41, 5.74) is 2.85. The van der Waals surface area contributed by atoms with Crippen LogP contribution in [0.25, 0.3) is 0 Å². The van der Waals surface area contributed by atoms with Crippen molar-refractivity contribution in [2.24, 2.45) is 11.3 Å². The van der Waals surface area contributed by atoms with Crippen LogP contribution < -0.4 is 4.90 Å². The van der Waals surface area contributed by atoms with Crippen molar-refractivity contribution in [2.75, 3.05) is 42.6 Å². The number of piperidine rings is 1. The molecule has 0 aromatic heterocycles. The molecule has 5 rings (SSSR count). The number of benzene rings is 1. The fraction of sp³-hybridized carbons (Fsp3) is 0.708. The molecule has 0 amide bonds. The second kappa shape index (κ2) is 8.51. The Morgan fingerprint density at radius 3 is 2.47 bits per heavy atom. The SMILES string of the molecule is CC1(C)C[C@@H]2CN(CCCC#N)C[C@H]1N(c1ccc(C3CCS(=O)(=O)CC3)cc1)C2. The van der Waals surface area contributed by atoms with Crippen molar-refractivity contribution >= 4 is 15.5 Å². The Kier molecular flexibility index (Phi) is 6.14. The first-order valence-corrected chi connectivity index (χ1v) is 13.3. The summed E-state index contributed by atoms with van der Waals surface area (Å²) in [6.07, 6.45) is 4.37. The highest BCUT2D eigenvalue weighted by Crippen LogP contribution is 2.43. The fourth-order valence-electron chi connectivity index (χ4n) is 5.94. The zero-order chi connectivity index (χ0) is 21.4. The Balaban J connectivity index is 1.49. The predicted octanol–water partition coefficient (Wildman–Crippen LogP) is 3.82. The van der Waals surface area contributed by atoms with E-state index >= 15 is 0 Å². The minimum absolute atomic E-state index is 0.267. The molecule has 2 atom stereocenters. The van der Waals surface area contributed by atoms with Crippen LogP contribution in [0.2, 0.25) is 0 Å². The van der Waals surface area contributed by atoms with Crippen LogP contribution in [0, 0.1) is 22.7 Å². The zero-order valence-corrected chi connectivity index (χ0v) is 19.2. The van der Waals surface area contributed by atoms with Crippen LogP contribution in [0.15, 0.2) is 24.3 Å². The highest BCUT2D eigenvalue weighted by atomic mass is 32.2. The van der Waals surface area contributed by atoms with Crippen molar-refractivity contribution in [1.82, 2.24) is 4.90 Å². The lowest BCUT2D eigenvalue weighted by Crippen LogP contribution is -2.53. The molecular formula is C24H35N3O2S. The van der Waals surface area contributed by atoms with E-state index in [9.17, 15) is 8.42 Å². The van der Waals surface area contributed by atoms with E-state index in [2.05, 4.69) is 54.0 Å². The van der Waals surface area contributed by atoms with Crippen LogP contribution >= 0.6 is 0 Å². The van der Waals surface area contributed by atoms with Crippen LogP contribution in [0.3, 0.4) is 0 Å². The van der Waals surface area contributed by atoms with Gasteiger partial charge in [-0.3, -0.25) is 0 Å². The summed E-state index contributed by atoms with van der Waals surface area (Å²) in [5, 5.41) is 8.88. The maximum atomic E-state index is 11.7. The third-order valence-electron chi connectivity index (χ3n) is 7.51. The first kappa shape index (κ1) is 21.6. The van der Waals surface area contributed by atoms with Gasteiger partial charge >= 0.3 is 0 Å². The fourth-order valence-corrected chi connectivity index (χ4v) is 7.43. The number of nitriles is 1. The van der Waals surface area contributed by atoms with E-state index in [1.54, 1.807) is 0 Å². The maximum absolute atomic E-state index is 11.7. The lowest BCUT2D eigenvalue weighted by molar-refractivity contribution is 0.190. The Labute approximate surface area is 182 Å². The van der Waals surface area contributed by atoms with Gasteiger partial charge in [-0.05, 0) is 67.2 Å². The summed E-state index contributed by atoms with van der Waals surface area (Å²) in [7, 11) is -2.82. The number of hydrogen-bond acceptors (Lipinski definition) is 5. The van der Waals surface area contributed by atoms with Gasteiger partial charge in [0.1, 0.15) is 9.84 Å². The van der Waals surface area contributed by atoms with Gasteiger partial charge < -0.3 is 9.80 Å². The Bertz CT molecular complexity index is 874. The summed E-state index contributed by atoms with van der Waals surface area (Å²) in [4.78, 5) is 5.20. The smallest absolute Gasteiger partial charge is 0.150 e. The number of hydrogen-bond donors (Lipinski definition) is 0. The Morgan fingerprint density at radius 1 is 1.10 bits per heavy atom. The van der Waals surface area contributed by atoms with E-state index in [1.807, 2.05) is 0 Å². The van der Waals surface area contributed by atoms with Crippen LogP contribution in [-0.4, -0.2) is 57.0 Å². The molecule has 1 aromatic carbocycles. The zero-order valence-electron chi connectivity index (χ0n) is 18.4. The Hall–Kier alpha value is -1.58. The van der Waals surface area contributed by atoms with Gasteiger partial charge in [-0.2, -0.15) is 5.26 Å². The molecule has 0 N–H and O–H groups in total. The summed E-state index contributed by atoms with van der Waals surface area (Å²) in [6.45, 7) is 9.14.